The van der Waals surface area contributed by atoms with Gasteiger partial charge in [0.2, 0.25) is 0 Å². The SMILES string of the molecule is Cc1ccc(C(C)(F)F)cc1C#N. The highest BCUT2D eigenvalue weighted by Gasteiger charge is 2.24. The standard InChI is InChI=1S/C10H9F2N/c1-7-3-4-9(10(2,11)12)5-8(7)6-13/h3-5H,1-2H3. The summed E-state index contributed by atoms with van der Waals surface area (Å²) in [4.78, 5) is 0. The number of hydrogen-bond donors (Lipinski definition) is 0. The largest absolute Gasteiger partial charge is 0.270 e. The Kier molecular flexibility index (Phi) is 2.33. The number of nitrogens with zero attached hydrogens (tertiary/aromatic N) is 1. The van der Waals surface area contributed by atoms with Crippen molar-refractivity contribution in [3.63, 3.8) is 0 Å². The van der Waals surface area contributed by atoms with E-state index in [2.05, 4.69) is 0 Å². The van der Waals surface area contributed by atoms with E-state index in [-0.39, 0.29) is 5.56 Å². The number of benzene rings is 1. The van der Waals surface area contributed by atoms with Crippen LogP contribution in [-0.4, -0.2) is 0 Å². The molecular formula is C10H9F2N. The Morgan fingerprint density at radius 2 is 2.00 bits per heavy atom. The molecule has 68 valence electrons. The number of hydrogen-bond acceptors (Lipinski definition) is 1. The second-order valence-corrected chi connectivity index (χ2v) is 3.03. The van der Waals surface area contributed by atoms with Crippen LogP contribution in [0.4, 0.5) is 8.78 Å². The van der Waals surface area contributed by atoms with E-state index in [4.69, 9.17) is 5.26 Å². The third kappa shape index (κ3) is 2.03. The lowest BCUT2D eigenvalue weighted by Gasteiger charge is -2.11. The molecule has 0 aliphatic carbocycles. The Balaban J connectivity index is 3.24. The fourth-order valence-electron chi connectivity index (χ4n) is 1.02. The minimum Gasteiger partial charge on any atom is -0.202 e. The monoisotopic (exact) mass is 181 g/mol. The van der Waals surface area contributed by atoms with Gasteiger partial charge in [0, 0.05) is 12.5 Å². The summed E-state index contributed by atoms with van der Waals surface area (Å²) in [5, 5.41) is 8.61. The summed E-state index contributed by atoms with van der Waals surface area (Å²) in [5.41, 5.74) is 0.907. The molecule has 0 aromatic heterocycles. The van der Waals surface area contributed by atoms with Crippen molar-refractivity contribution in [3.05, 3.63) is 34.9 Å². The van der Waals surface area contributed by atoms with E-state index in [9.17, 15) is 8.78 Å². The highest BCUT2D eigenvalue weighted by atomic mass is 19.3. The quantitative estimate of drug-likeness (QED) is 0.653. The molecular weight excluding hydrogens is 172 g/mol. The van der Waals surface area contributed by atoms with Gasteiger partial charge in [-0.2, -0.15) is 5.26 Å². The van der Waals surface area contributed by atoms with Crippen molar-refractivity contribution >= 4 is 0 Å². The lowest BCUT2D eigenvalue weighted by atomic mass is 10.0. The maximum atomic E-state index is 12.8. The molecule has 0 aliphatic heterocycles. The highest BCUT2D eigenvalue weighted by molar-refractivity contribution is 5.40. The van der Waals surface area contributed by atoms with E-state index >= 15 is 0 Å². The van der Waals surface area contributed by atoms with Gasteiger partial charge in [0.25, 0.3) is 5.92 Å². The van der Waals surface area contributed by atoms with E-state index in [1.165, 1.54) is 18.2 Å². The van der Waals surface area contributed by atoms with Crippen LogP contribution in [0.3, 0.4) is 0 Å². The fraction of sp³-hybridized carbons (Fsp3) is 0.300. The van der Waals surface area contributed by atoms with E-state index in [0.717, 1.165) is 12.5 Å². The predicted octanol–water partition coefficient (Wildman–Crippen LogP) is 2.98. The summed E-state index contributed by atoms with van der Waals surface area (Å²) in [6.07, 6.45) is 0. The number of aryl methyl sites for hydroxylation is 1. The molecule has 0 bridgehead atoms. The molecule has 1 rings (SSSR count). The molecule has 1 aromatic carbocycles. The van der Waals surface area contributed by atoms with Crippen molar-refractivity contribution in [1.29, 1.82) is 5.26 Å². The van der Waals surface area contributed by atoms with Crippen molar-refractivity contribution in [2.75, 3.05) is 0 Å². The average molecular weight is 181 g/mol. The van der Waals surface area contributed by atoms with Crippen LogP contribution < -0.4 is 0 Å². The Hall–Kier alpha value is -1.43. The van der Waals surface area contributed by atoms with E-state index in [1.807, 2.05) is 6.07 Å². The Labute approximate surface area is 75.6 Å². The van der Waals surface area contributed by atoms with Crippen LogP contribution in [0.2, 0.25) is 0 Å². The van der Waals surface area contributed by atoms with E-state index in [0.29, 0.717) is 5.56 Å². The first-order valence-electron chi connectivity index (χ1n) is 3.84. The van der Waals surface area contributed by atoms with Gasteiger partial charge < -0.3 is 0 Å². The van der Waals surface area contributed by atoms with Gasteiger partial charge in [-0.1, -0.05) is 12.1 Å². The summed E-state index contributed by atoms with van der Waals surface area (Å²) in [5.74, 6) is -2.88. The zero-order valence-corrected chi connectivity index (χ0v) is 7.44. The van der Waals surface area contributed by atoms with Crippen LogP contribution in [0.1, 0.15) is 23.6 Å². The van der Waals surface area contributed by atoms with Gasteiger partial charge in [-0.15, -0.1) is 0 Å². The smallest absolute Gasteiger partial charge is 0.202 e. The summed E-state index contributed by atoms with van der Waals surface area (Å²) in [6.45, 7) is 2.54. The molecule has 0 atom stereocenters. The first-order chi connectivity index (χ1) is 5.95. The summed E-state index contributed by atoms with van der Waals surface area (Å²) >= 11 is 0. The van der Waals surface area contributed by atoms with Crippen LogP contribution in [0, 0.1) is 18.3 Å². The van der Waals surface area contributed by atoms with Gasteiger partial charge in [0.1, 0.15) is 0 Å². The summed E-state index contributed by atoms with van der Waals surface area (Å²) in [7, 11) is 0. The van der Waals surface area contributed by atoms with Crippen molar-refractivity contribution in [2.24, 2.45) is 0 Å². The molecule has 0 unspecified atom stereocenters. The molecule has 13 heavy (non-hydrogen) atoms. The molecule has 0 radical (unpaired) electrons. The van der Waals surface area contributed by atoms with Gasteiger partial charge in [0.05, 0.1) is 11.6 Å². The molecule has 0 spiro atoms. The molecule has 0 heterocycles. The minimum absolute atomic E-state index is 0.116. The molecule has 0 amide bonds. The second kappa shape index (κ2) is 3.14. The molecule has 0 aliphatic rings. The van der Waals surface area contributed by atoms with Gasteiger partial charge in [0.15, 0.2) is 0 Å². The third-order valence-corrected chi connectivity index (χ3v) is 1.86. The van der Waals surface area contributed by atoms with Crippen LogP contribution in [0.25, 0.3) is 0 Å². The molecule has 1 aromatic rings. The van der Waals surface area contributed by atoms with Crippen molar-refractivity contribution in [1.82, 2.24) is 0 Å². The van der Waals surface area contributed by atoms with Crippen LogP contribution in [0.5, 0.6) is 0 Å². The first-order valence-corrected chi connectivity index (χ1v) is 3.84. The summed E-state index contributed by atoms with van der Waals surface area (Å²) in [6, 6.07) is 5.98. The van der Waals surface area contributed by atoms with Crippen LogP contribution >= 0.6 is 0 Å². The Morgan fingerprint density at radius 3 is 2.46 bits per heavy atom. The van der Waals surface area contributed by atoms with E-state index in [1.54, 1.807) is 6.92 Å². The second-order valence-electron chi connectivity index (χ2n) is 3.03. The van der Waals surface area contributed by atoms with Gasteiger partial charge in [-0.05, 0) is 18.6 Å². The molecule has 3 heteroatoms. The molecule has 0 saturated heterocycles. The number of alkyl halides is 2. The zero-order chi connectivity index (χ0) is 10.1. The Morgan fingerprint density at radius 1 is 1.38 bits per heavy atom. The lowest BCUT2D eigenvalue weighted by Crippen LogP contribution is -2.07. The fourth-order valence-corrected chi connectivity index (χ4v) is 1.02. The predicted molar refractivity (Wildman–Crippen MR) is 45.5 cm³/mol. The Bertz CT molecular complexity index is 358. The van der Waals surface area contributed by atoms with Crippen LogP contribution in [-0.2, 0) is 5.92 Å². The highest BCUT2D eigenvalue weighted by Crippen LogP contribution is 2.27. The topological polar surface area (TPSA) is 23.8 Å². The number of nitriles is 1. The van der Waals surface area contributed by atoms with E-state index < -0.39 is 5.92 Å². The number of halogens is 2. The number of rotatable bonds is 1. The summed E-state index contributed by atoms with van der Waals surface area (Å²) < 4.78 is 25.6. The van der Waals surface area contributed by atoms with Crippen molar-refractivity contribution in [2.45, 2.75) is 19.8 Å². The zero-order valence-electron chi connectivity index (χ0n) is 7.44. The first kappa shape index (κ1) is 9.66. The maximum absolute atomic E-state index is 12.8. The average Bonchev–Trinajstić information content (AvgIpc) is 2.03. The lowest BCUT2D eigenvalue weighted by molar-refractivity contribution is 0.0174. The van der Waals surface area contributed by atoms with Gasteiger partial charge in [-0.3, -0.25) is 0 Å². The van der Waals surface area contributed by atoms with Crippen molar-refractivity contribution in [3.8, 4) is 6.07 Å². The molecule has 0 N–H and O–H groups in total. The third-order valence-electron chi connectivity index (χ3n) is 1.86. The maximum Gasteiger partial charge on any atom is 0.270 e. The van der Waals surface area contributed by atoms with Crippen LogP contribution in [0.15, 0.2) is 18.2 Å². The normalized spacial score (nSPS) is 11.0. The van der Waals surface area contributed by atoms with Gasteiger partial charge in [-0.25, -0.2) is 8.78 Å². The van der Waals surface area contributed by atoms with Gasteiger partial charge >= 0.3 is 0 Å². The molecule has 1 nitrogen and oxygen atoms in total. The molecule has 0 fully saturated rings. The van der Waals surface area contributed by atoms with Crippen molar-refractivity contribution < 1.29 is 8.78 Å². The molecule has 0 saturated carbocycles. The minimum atomic E-state index is -2.88.